The summed E-state index contributed by atoms with van der Waals surface area (Å²) in [5.41, 5.74) is 1.34. The third-order valence-corrected chi connectivity index (χ3v) is 2.50. The monoisotopic (exact) mass is 201 g/mol. The number of terminal acetylenes is 1. The molecule has 0 aromatic heterocycles. The van der Waals surface area contributed by atoms with Crippen molar-refractivity contribution in [3.63, 3.8) is 0 Å². The molecule has 1 N–H and O–H groups in total. The Hall–Kier alpha value is -1.26. The predicted molar refractivity (Wildman–Crippen MR) is 65.5 cm³/mol. The van der Waals surface area contributed by atoms with Crippen LogP contribution in [0.5, 0.6) is 0 Å². The third-order valence-electron chi connectivity index (χ3n) is 2.50. The van der Waals surface area contributed by atoms with Crippen LogP contribution in [-0.4, -0.2) is 6.54 Å². The molecule has 0 bridgehead atoms. The van der Waals surface area contributed by atoms with Crippen molar-refractivity contribution in [1.82, 2.24) is 5.32 Å². The first-order valence-corrected chi connectivity index (χ1v) is 5.56. The van der Waals surface area contributed by atoms with Crippen LogP contribution >= 0.6 is 0 Å². The van der Waals surface area contributed by atoms with E-state index in [1.807, 2.05) is 6.07 Å². The second-order valence-corrected chi connectivity index (χ2v) is 3.75. The van der Waals surface area contributed by atoms with Crippen molar-refractivity contribution in [2.24, 2.45) is 0 Å². The smallest absolute Gasteiger partial charge is 0.0291 e. The Kier molecular flexibility index (Phi) is 5.58. The molecular weight excluding hydrogens is 182 g/mol. The molecule has 1 aromatic rings. The molecule has 0 radical (unpaired) electrons. The zero-order valence-corrected chi connectivity index (χ0v) is 9.37. The SMILES string of the molecule is C#CCCCCNC(C)c1ccccc1. The molecule has 0 amide bonds. The van der Waals surface area contributed by atoms with E-state index in [0.717, 1.165) is 25.8 Å². The Balaban J connectivity index is 2.20. The van der Waals surface area contributed by atoms with Crippen LogP contribution < -0.4 is 5.32 Å². The van der Waals surface area contributed by atoms with Gasteiger partial charge in [-0.25, -0.2) is 0 Å². The lowest BCUT2D eigenvalue weighted by Gasteiger charge is -2.13. The Morgan fingerprint density at radius 1 is 1.27 bits per heavy atom. The third kappa shape index (κ3) is 4.67. The van der Waals surface area contributed by atoms with E-state index in [0.29, 0.717) is 6.04 Å². The maximum absolute atomic E-state index is 5.19. The Labute approximate surface area is 92.9 Å². The van der Waals surface area contributed by atoms with Gasteiger partial charge in [-0.05, 0) is 31.9 Å². The first kappa shape index (κ1) is 11.8. The largest absolute Gasteiger partial charge is 0.310 e. The molecule has 1 rings (SSSR count). The van der Waals surface area contributed by atoms with Gasteiger partial charge >= 0.3 is 0 Å². The maximum atomic E-state index is 5.19. The molecule has 1 nitrogen and oxygen atoms in total. The molecule has 1 aromatic carbocycles. The van der Waals surface area contributed by atoms with Crippen LogP contribution in [0.2, 0.25) is 0 Å². The molecule has 0 aliphatic rings. The van der Waals surface area contributed by atoms with Gasteiger partial charge in [0.1, 0.15) is 0 Å². The Bertz CT molecular complexity index is 297. The van der Waals surface area contributed by atoms with Crippen LogP contribution in [-0.2, 0) is 0 Å². The van der Waals surface area contributed by atoms with E-state index < -0.39 is 0 Å². The molecule has 0 saturated carbocycles. The molecule has 80 valence electrons. The summed E-state index contributed by atoms with van der Waals surface area (Å²) in [5.74, 6) is 2.66. The lowest BCUT2D eigenvalue weighted by Crippen LogP contribution is -2.19. The van der Waals surface area contributed by atoms with Crippen molar-refractivity contribution in [2.45, 2.75) is 32.2 Å². The van der Waals surface area contributed by atoms with E-state index in [9.17, 15) is 0 Å². The molecular formula is C14H19N. The minimum absolute atomic E-state index is 0.428. The summed E-state index contributed by atoms with van der Waals surface area (Å²) in [7, 11) is 0. The van der Waals surface area contributed by atoms with Gasteiger partial charge in [0.2, 0.25) is 0 Å². The fraction of sp³-hybridized carbons (Fsp3) is 0.429. The Morgan fingerprint density at radius 2 is 2.00 bits per heavy atom. The molecule has 0 spiro atoms. The molecule has 0 aliphatic heterocycles. The first-order valence-electron chi connectivity index (χ1n) is 5.56. The highest BCUT2D eigenvalue weighted by atomic mass is 14.9. The fourth-order valence-corrected chi connectivity index (χ4v) is 1.53. The second-order valence-electron chi connectivity index (χ2n) is 3.75. The molecule has 0 heterocycles. The number of hydrogen-bond donors (Lipinski definition) is 1. The summed E-state index contributed by atoms with van der Waals surface area (Å²) in [5, 5.41) is 3.49. The average Bonchev–Trinajstić information content (AvgIpc) is 2.30. The van der Waals surface area contributed by atoms with Gasteiger partial charge in [-0.2, -0.15) is 0 Å². The van der Waals surface area contributed by atoms with Gasteiger partial charge in [0.25, 0.3) is 0 Å². The highest BCUT2D eigenvalue weighted by Gasteiger charge is 2.01. The lowest BCUT2D eigenvalue weighted by molar-refractivity contribution is 0.549. The second kappa shape index (κ2) is 7.09. The topological polar surface area (TPSA) is 12.0 Å². The normalized spacial score (nSPS) is 12.0. The summed E-state index contributed by atoms with van der Waals surface area (Å²) in [4.78, 5) is 0. The van der Waals surface area contributed by atoms with Crippen molar-refractivity contribution >= 4 is 0 Å². The standard InChI is InChI=1S/C14H19N/c1-3-4-5-9-12-15-13(2)14-10-7-6-8-11-14/h1,6-8,10-11,13,15H,4-5,9,12H2,2H3. The fourth-order valence-electron chi connectivity index (χ4n) is 1.53. The molecule has 0 aliphatic carbocycles. The zero-order chi connectivity index (χ0) is 10.9. The highest BCUT2D eigenvalue weighted by molar-refractivity contribution is 5.17. The van der Waals surface area contributed by atoms with Crippen molar-refractivity contribution in [3.8, 4) is 12.3 Å². The van der Waals surface area contributed by atoms with E-state index >= 15 is 0 Å². The quantitative estimate of drug-likeness (QED) is 0.550. The Morgan fingerprint density at radius 3 is 2.67 bits per heavy atom. The van der Waals surface area contributed by atoms with Crippen LogP contribution in [0.25, 0.3) is 0 Å². The van der Waals surface area contributed by atoms with Gasteiger partial charge in [-0.1, -0.05) is 30.3 Å². The number of nitrogens with one attached hydrogen (secondary N) is 1. The number of unbranched alkanes of at least 4 members (excludes halogenated alkanes) is 2. The maximum Gasteiger partial charge on any atom is 0.0291 e. The molecule has 1 atom stereocenters. The zero-order valence-electron chi connectivity index (χ0n) is 9.37. The van der Waals surface area contributed by atoms with Crippen LogP contribution in [0.4, 0.5) is 0 Å². The van der Waals surface area contributed by atoms with Crippen molar-refractivity contribution in [2.75, 3.05) is 6.54 Å². The van der Waals surface area contributed by atoms with E-state index in [2.05, 4.69) is 42.4 Å². The van der Waals surface area contributed by atoms with E-state index in [1.54, 1.807) is 0 Å². The van der Waals surface area contributed by atoms with Gasteiger partial charge in [0, 0.05) is 12.5 Å². The minimum atomic E-state index is 0.428. The average molecular weight is 201 g/mol. The summed E-state index contributed by atoms with van der Waals surface area (Å²) in [6, 6.07) is 10.9. The minimum Gasteiger partial charge on any atom is -0.310 e. The van der Waals surface area contributed by atoms with Gasteiger partial charge < -0.3 is 5.32 Å². The first-order chi connectivity index (χ1) is 7.34. The van der Waals surface area contributed by atoms with Crippen molar-refractivity contribution < 1.29 is 0 Å². The summed E-state index contributed by atoms with van der Waals surface area (Å²) in [6.45, 7) is 3.23. The van der Waals surface area contributed by atoms with Crippen LogP contribution in [0.3, 0.4) is 0 Å². The highest BCUT2D eigenvalue weighted by Crippen LogP contribution is 2.10. The molecule has 15 heavy (non-hydrogen) atoms. The molecule has 1 unspecified atom stereocenters. The van der Waals surface area contributed by atoms with Crippen molar-refractivity contribution in [1.29, 1.82) is 0 Å². The number of hydrogen-bond acceptors (Lipinski definition) is 1. The van der Waals surface area contributed by atoms with Gasteiger partial charge in [-0.15, -0.1) is 12.3 Å². The molecule has 0 fully saturated rings. The van der Waals surface area contributed by atoms with E-state index in [-0.39, 0.29) is 0 Å². The van der Waals surface area contributed by atoms with Gasteiger partial charge in [0.15, 0.2) is 0 Å². The summed E-state index contributed by atoms with van der Waals surface area (Å²) >= 11 is 0. The lowest BCUT2D eigenvalue weighted by atomic mass is 10.1. The van der Waals surface area contributed by atoms with Gasteiger partial charge in [-0.3, -0.25) is 0 Å². The predicted octanol–water partition coefficient (Wildman–Crippen LogP) is 3.14. The summed E-state index contributed by atoms with van der Waals surface area (Å²) in [6.07, 6.45) is 8.35. The van der Waals surface area contributed by atoms with Crippen LogP contribution in [0.1, 0.15) is 37.8 Å². The molecule has 1 heteroatoms. The van der Waals surface area contributed by atoms with Gasteiger partial charge in [0.05, 0.1) is 0 Å². The molecule has 0 saturated heterocycles. The number of rotatable bonds is 6. The van der Waals surface area contributed by atoms with Crippen LogP contribution in [0, 0.1) is 12.3 Å². The van der Waals surface area contributed by atoms with Crippen LogP contribution in [0.15, 0.2) is 30.3 Å². The summed E-state index contributed by atoms with van der Waals surface area (Å²) < 4.78 is 0. The van der Waals surface area contributed by atoms with Crippen molar-refractivity contribution in [3.05, 3.63) is 35.9 Å². The van der Waals surface area contributed by atoms with E-state index in [4.69, 9.17) is 6.42 Å². The number of benzene rings is 1. The van der Waals surface area contributed by atoms with E-state index in [1.165, 1.54) is 5.56 Å².